The summed E-state index contributed by atoms with van der Waals surface area (Å²) in [7, 11) is 0. The van der Waals surface area contributed by atoms with Gasteiger partial charge in [0.15, 0.2) is 10.8 Å². The van der Waals surface area contributed by atoms with Gasteiger partial charge in [0.05, 0.1) is 11.8 Å². The fourth-order valence-corrected chi connectivity index (χ4v) is 2.63. The molecule has 0 spiro atoms. The van der Waals surface area contributed by atoms with E-state index in [0.717, 1.165) is 11.3 Å². The number of aromatic nitrogens is 3. The molecular weight excluding hydrogens is 344 g/mol. The predicted molar refractivity (Wildman–Crippen MR) is 92.4 cm³/mol. The Morgan fingerprint density at radius 2 is 1.96 bits per heavy atom. The van der Waals surface area contributed by atoms with Crippen LogP contribution in [0, 0.1) is 0 Å². The number of carboxylic acids is 1. The zero-order valence-corrected chi connectivity index (χ0v) is 15.0. The molecule has 0 bridgehead atoms. The summed E-state index contributed by atoms with van der Waals surface area (Å²) in [6.07, 6.45) is 4.72. The molecule has 2 aromatic heterocycles. The third-order valence-electron chi connectivity index (χ3n) is 3.03. The maximum absolute atomic E-state index is 12.3. The molecule has 1 atom stereocenters. The van der Waals surface area contributed by atoms with E-state index in [9.17, 15) is 14.7 Å². The summed E-state index contributed by atoms with van der Waals surface area (Å²) in [4.78, 5) is 36.2. The Hall–Kier alpha value is -2.39. The first kappa shape index (κ1) is 18.9. The number of ether oxygens (including phenoxy) is 1. The number of nitrogens with one attached hydrogen (secondary N) is 1. The van der Waals surface area contributed by atoms with E-state index in [1.807, 2.05) is 20.8 Å². The minimum Gasteiger partial charge on any atom is -0.480 e. The lowest BCUT2D eigenvalue weighted by molar-refractivity contribution is -0.140. The minimum absolute atomic E-state index is 0.172. The number of carboxylic acid groups (broad SMARTS) is 1. The standard InChI is InChI=1S/C16H20N4O4S/c1-16(2,3)24-8-5-10(15(22)23)20-13(21)11-9-19-14(25-11)12-17-6-4-7-18-12/h4,6-7,9-10H,5,8H2,1-3H3,(H,20,21)(H,22,23). The molecule has 2 heterocycles. The topological polar surface area (TPSA) is 114 Å². The molecule has 0 fully saturated rings. The molecule has 9 heteroatoms. The SMILES string of the molecule is CC(C)(C)OCCC(NC(=O)c1cnc(-c2ncccn2)s1)C(=O)O. The normalized spacial score (nSPS) is 12.6. The second-order valence-electron chi connectivity index (χ2n) is 6.22. The van der Waals surface area contributed by atoms with Crippen LogP contribution in [0.3, 0.4) is 0 Å². The third-order valence-corrected chi connectivity index (χ3v) is 4.02. The summed E-state index contributed by atoms with van der Waals surface area (Å²) in [5.41, 5.74) is -0.366. The number of aliphatic carboxylic acids is 1. The second-order valence-corrected chi connectivity index (χ2v) is 7.25. The smallest absolute Gasteiger partial charge is 0.326 e. The molecule has 0 saturated carbocycles. The highest BCUT2D eigenvalue weighted by Gasteiger charge is 2.23. The van der Waals surface area contributed by atoms with Crippen molar-refractivity contribution in [3.8, 4) is 10.8 Å². The molecule has 0 saturated heterocycles. The Morgan fingerprint density at radius 1 is 1.28 bits per heavy atom. The van der Waals surface area contributed by atoms with E-state index in [2.05, 4.69) is 20.3 Å². The molecule has 0 aliphatic carbocycles. The zero-order valence-electron chi connectivity index (χ0n) is 14.2. The van der Waals surface area contributed by atoms with E-state index in [4.69, 9.17) is 4.74 Å². The number of hydrogen-bond acceptors (Lipinski definition) is 7. The van der Waals surface area contributed by atoms with Crippen molar-refractivity contribution in [2.75, 3.05) is 6.61 Å². The van der Waals surface area contributed by atoms with E-state index in [-0.39, 0.29) is 18.6 Å². The number of carbonyl (C=O) groups excluding carboxylic acids is 1. The van der Waals surface area contributed by atoms with Crippen molar-refractivity contribution in [1.82, 2.24) is 20.3 Å². The number of carbonyl (C=O) groups is 2. The van der Waals surface area contributed by atoms with Crippen molar-refractivity contribution in [3.05, 3.63) is 29.5 Å². The van der Waals surface area contributed by atoms with Gasteiger partial charge in [-0.25, -0.2) is 19.7 Å². The van der Waals surface area contributed by atoms with Crippen LogP contribution >= 0.6 is 11.3 Å². The van der Waals surface area contributed by atoms with Crippen LogP contribution in [0.2, 0.25) is 0 Å². The molecule has 2 N–H and O–H groups in total. The van der Waals surface area contributed by atoms with Crippen LogP contribution in [0.25, 0.3) is 10.8 Å². The second kappa shape index (κ2) is 8.13. The lowest BCUT2D eigenvalue weighted by Crippen LogP contribution is -2.41. The first-order valence-corrected chi connectivity index (χ1v) is 8.49. The number of thiazole rings is 1. The van der Waals surface area contributed by atoms with E-state index in [1.165, 1.54) is 6.20 Å². The van der Waals surface area contributed by atoms with E-state index < -0.39 is 17.9 Å². The van der Waals surface area contributed by atoms with Gasteiger partial charge in [-0.3, -0.25) is 4.79 Å². The van der Waals surface area contributed by atoms with Gasteiger partial charge in [0, 0.05) is 25.4 Å². The molecule has 8 nitrogen and oxygen atoms in total. The first-order chi connectivity index (χ1) is 11.8. The molecule has 0 aliphatic heterocycles. The first-order valence-electron chi connectivity index (χ1n) is 7.67. The zero-order chi connectivity index (χ0) is 18.4. The number of amides is 1. The third kappa shape index (κ3) is 5.87. The molecule has 25 heavy (non-hydrogen) atoms. The highest BCUT2D eigenvalue weighted by Crippen LogP contribution is 2.21. The summed E-state index contributed by atoms with van der Waals surface area (Å²) in [5.74, 6) is -1.19. The fourth-order valence-electron chi connectivity index (χ4n) is 1.86. The Morgan fingerprint density at radius 3 is 2.56 bits per heavy atom. The summed E-state index contributed by atoms with van der Waals surface area (Å²) < 4.78 is 5.52. The van der Waals surface area contributed by atoms with Gasteiger partial charge in [-0.2, -0.15) is 0 Å². The molecule has 1 amide bonds. The van der Waals surface area contributed by atoms with Crippen LogP contribution in [0.4, 0.5) is 0 Å². The Labute approximate surface area is 149 Å². The minimum atomic E-state index is -1.11. The molecular formula is C16H20N4O4S. The van der Waals surface area contributed by atoms with Crippen molar-refractivity contribution in [3.63, 3.8) is 0 Å². The highest BCUT2D eigenvalue weighted by atomic mass is 32.1. The van der Waals surface area contributed by atoms with Crippen LogP contribution in [-0.2, 0) is 9.53 Å². The quantitative estimate of drug-likeness (QED) is 0.772. The van der Waals surface area contributed by atoms with Gasteiger partial charge in [0.2, 0.25) is 0 Å². The summed E-state index contributed by atoms with van der Waals surface area (Å²) in [6.45, 7) is 5.87. The summed E-state index contributed by atoms with van der Waals surface area (Å²) in [5, 5.41) is 12.3. The van der Waals surface area contributed by atoms with Gasteiger partial charge < -0.3 is 15.2 Å². The number of hydrogen-bond donors (Lipinski definition) is 2. The van der Waals surface area contributed by atoms with Gasteiger partial charge >= 0.3 is 5.97 Å². The Balaban J connectivity index is 1.99. The molecule has 2 aromatic rings. The molecule has 2 rings (SSSR count). The van der Waals surface area contributed by atoms with Gasteiger partial charge in [-0.1, -0.05) is 0 Å². The largest absolute Gasteiger partial charge is 0.480 e. The molecule has 0 aromatic carbocycles. The molecule has 1 unspecified atom stereocenters. The van der Waals surface area contributed by atoms with Crippen molar-refractivity contribution >= 4 is 23.2 Å². The van der Waals surface area contributed by atoms with Crippen LogP contribution in [0.1, 0.15) is 36.9 Å². The van der Waals surface area contributed by atoms with Crippen molar-refractivity contribution < 1.29 is 19.4 Å². The maximum atomic E-state index is 12.3. The van der Waals surface area contributed by atoms with Gasteiger partial charge in [0.1, 0.15) is 10.9 Å². The monoisotopic (exact) mass is 364 g/mol. The maximum Gasteiger partial charge on any atom is 0.326 e. The molecule has 134 valence electrons. The van der Waals surface area contributed by atoms with E-state index in [0.29, 0.717) is 15.7 Å². The lowest BCUT2D eigenvalue weighted by Gasteiger charge is -2.21. The Bertz CT molecular complexity index is 727. The van der Waals surface area contributed by atoms with E-state index in [1.54, 1.807) is 18.5 Å². The highest BCUT2D eigenvalue weighted by molar-refractivity contribution is 7.16. The van der Waals surface area contributed by atoms with E-state index >= 15 is 0 Å². The molecule has 0 aliphatic rings. The predicted octanol–water partition coefficient (Wildman–Crippen LogP) is 1.99. The van der Waals surface area contributed by atoms with Crippen LogP contribution in [0.5, 0.6) is 0 Å². The van der Waals surface area contributed by atoms with Gasteiger partial charge in [0.25, 0.3) is 5.91 Å². The lowest BCUT2D eigenvalue weighted by atomic mass is 10.1. The fraction of sp³-hybridized carbons (Fsp3) is 0.438. The number of nitrogens with zero attached hydrogens (tertiary/aromatic N) is 3. The van der Waals surface area contributed by atoms with Crippen molar-refractivity contribution in [2.45, 2.75) is 38.8 Å². The molecule has 0 radical (unpaired) electrons. The average molecular weight is 364 g/mol. The van der Waals surface area contributed by atoms with Gasteiger partial charge in [-0.15, -0.1) is 11.3 Å². The summed E-state index contributed by atoms with van der Waals surface area (Å²) in [6, 6.07) is 0.648. The van der Waals surface area contributed by atoms with Crippen LogP contribution in [0.15, 0.2) is 24.7 Å². The Kier molecular flexibility index (Phi) is 6.16. The summed E-state index contributed by atoms with van der Waals surface area (Å²) >= 11 is 1.10. The van der Waals surface area contributed by atoms with Crippen molar-refractivity contribution in [2.24, 2.45) is 0 Å². The van der Waals surface area contributed by atoms with Gasteiger partial charge in [-0.05, 0) is 26.8 Å². The number of rotatable bonds is 7. The average Bonchev–Trinajstić information content (AvgIpc) is 3.03. The van der Waals surface area contributed by atoms with Crippen LogP contribution < -0.4 is 5.32 Å². The van der Waals surface area contributed by atoms with Crippen molar-refractivity contribution in [1.29, 1.82) is 0 Å². The van der Waals surface area contributed by atoms with Crippen LogP contribution in [-0.4, -0.2) is 50.2 Å².